The molecule has 0 spiro atoms. The first-order chi connectivity index (χ1) is 16.1. The zero-order chi connectivity index (χ0) is 24.8. The molecule has 0 saturated heterocycles. The zero-order valence-corrected chi connectivity index (χ0v) is 20.7. The van der Waals surface area contributed by atoms with E-state index in [0.717, 1.165) is 29.0 Å². The van der Waals surface area contributed by atoms with Gasteiger partial charge in [-0.25, -0.2) is 14.6 Å². The van der Waals surface area contributed by atoms with Gasteiger partial charge in [0, 0.05) is 31.5 Å². The van der Waals surface area contributed by atoms with E-state index in [2.05, 4.69) is 29.7 Å². The molecule has 0 N–H and O–H groups in total. The Morgan fingerprint density at radius 1 is 1.12 bits per heavy atom. The molecule has 2 heterocycles. The molecule has 8 nitrogen and oxygen atoms in total. The lowest BCUT2D eigenvalue weighted by Gasteiger charge is -2.25. The summed E-state index contributed by atoms with van der Waals surface area (Å²) in [7, 11) is 4.86. The highest BCUT2D eigenvalue weighted by atomic mass is 16.6. The normalized spacial score (nSPS) is 11.7. The van der Waals surface area contributed by atoms with Crippen LogP contribution >= 0.6 is 0 Å². The fourth-order valence-electron chi connectivity index (χ4n) is 4.21. The van der Waals surface area contributed by atoms with Gasteiger partial charge < -0.3 is 18.6 Å². The van der Waals surface area contributed by atoms with Gasteiger partial charge in [-0.15, -0.1) is 0 Å². The van der Waals surface area contributed by atoms with Crippen LogP contribution in [0.15, 0.2) is 42.5 Å². The average molecular weight is 463 g/mol. The molecule has 4 rings (SSSR count). The molecule has 8 heteroatoms. The van der Waals surface area contributed by atoms with Crippen molar-refractivity contribution in [3.05, 3.63) is 48.0 Å². The first-order valence-corrected chi connectivity index (χ1v) is 11.2. The van der Waals surface area contributed by atoms with Crippen LogP contribution in [0.1, 0.15) is 38.1 Å². The van der Waals surface area contributed by atoms with Crippen LogP contribution in [0.25, 0.3) is 33.5 Å². The summed E-state index contributed by atoms with van der Waals surface area (Å²) < 4.78 is 14.7. The number of rotatable bonds is 4. The predicted octanol–water partition coefficient (Wildman–Crippen LogP) is 5.37. The lowest BCUT2D eigenvalue weighted by Crippen LogP contribution is -2.34. The molecule has 34 heavy (non-hydrogen) atoms. The Balaban J connectivity index is 1.96. The van der Waals surface area contributed by atoms with Crippen molar-refractivity contribution in [2.45, 2.75) is 39.8 Å². The number of anilines is 1. The predicted molar refractivity (Wildman–Crippen MR) is 133 cm³/mol. The Bertz CT molecular complexity index is 1410. The summed E-state index contributed by atoms with van der Waals surface area (Å²) in [6, 6.07) is 13.6. The van der Waals surface area contributed by atoms with Crippen molar-refractivity contribution in [1.29, 1.82) is 0 Å². The van der Waals surface area contributed by atoms with E-state index in [4.69, 9.17) is 14.5 Å². The van der Waals surface area contributed by atoms with Crippen molar-refractivity contribution >= 4 is 39.7 Å². The van der Waals surface area contributed by atoms with E-state index in [1.165, 1.54) is 12.0 Å². The Labute approximate surface area is 198 Å². The van der Waals surface area contributed by atoms with E-state index >= 15 is 0 Å². The van der Waals surface area contributed by atoms with Crippen LogP contribution in [0.4, 0.5) is 10.5 Å². The SMILES string of the molecule is CCn1c(-c2nc3cc(C(=O)OC)cc(N(C)C(=O)OC(C)(C)C)c3n2C)cc2ccccc21. The first-order valence-electron chi connectivity index (χ1n) is 11.2. The largest absolute Gasteiger partial charge is 0.465 e. The lowest BCUT2D eigenvalue weighted by atomic mass is 10.1. The van der Waals surface area contributed by atoms with Gasteiger partial charge in [0.15, 0.2) is 5.82 Å². The van der Waals surface area contributed by atoms with Gasteiger partial charge in [-0.2, -0.15) is 0 Å². The number of hydrogen-bond donors (Lipinski definition) is 0. The molecule has 2 aromatic carbocycles. The summed E-state index contributed by atoms with van der Waals surface area (Å²) in [5, 5.41) is 1.12. The van der Waals surface area contributed by atoms with Crippen LogP contribution in [0.3, 0.4) is 0 Å². The second-order valence-corrected chi connectivity index (χ2v) is 9.22. The first kappa shape index (κ1) is 23.4. The molecule has 0 aliphatic carbocycles. The maximum Gasteiger partial charge on any atom is 0.414 e. The van der Waals surface area contributed by atoms with Crippen LogP contribution < -0.4 is 4.90 Å². The number of para-hydroxylation sites is 1. The number of carbonyl (C=O) groups is 2. The van der Waals surface area contributed by atoms with E-state index in [9.17, 15) is 9.59 Å². The van der Waals surface area contributed by atoms with Crippen molar-refractivity contribution < 1.29 is 19.1 Å². The minimum atomic E-state index is -0.663. The van der Waals surface area contributed by atoms with Crippen molar-refractivity contribution in [3.8, 4) is 11.5 Å². The quantitative estimate of drug-likeness (QED) is 0.381. The Morgan fingerprint density at radius 3 is 2.47 bits per heavy atom. The van der Waals surface area contributed by atoms with Gasteiger partial charge in [-0.3, -0.25) is 4.90 Å². The van der Waals surface area contributed by atoms with Crippen LogP contribution in [0, 0.1) is 0 Å². The molecule has 0 aliphatic heterocycles. The summed E-state index contributed by atoms with van der Waals surface area (Å²) in [6.07, 6.45) is -0.527. The van der Waals surface area contributed by atoms with E-state index < -0.39 is 17.7 Å². The lowest BCUT2D eigenvalue weighted by molar-refractivity contribution is 0.0580. The highest BCUT2D eigenvalue weighted by molar-refractivity contribution is 6.04. The summed E-state index contributed by atoms with van der Waals surface area (Å²) in [5.41, 5.74) is 3.52. The highest BCUT2D eigenvalue weighted by Crippen LogP contribution is 2.35. The monoisotopic (exact) mass is 462 g/mol. The van der Waals surface area contributed by atoms with Crippen molar-refractivity contribution in [2.24, 2.45) is 7.05 Å². The Morgan fingerprint density at radius 2 is 1.82 bits per heavy atom. The van der Waals surface area contributed by atoms with Crippen molar-refractivity contribution in [3.63, 3.8) is 0 Å². The highest BCUT2D eigenvalue weighted by Gasteiger charge is 2.26. The molecule has 0 aliphatic rings. The van der Waals surface area contributed by atoms with E-state index in [1.807, 2.05) is 44.5 Å². The van der Waals surface area contributed by atoms with Gasteiger partial charge in [-0.1, -0.05) is 18.2 Å². The maximum absolute atomic E-state index is 12.9. The Kier molecular flexibility index (Phi) is 5.85. The van der Waals surface area contributed by atoms with Crippen LogP contribution in [0.5, 0.6) is 0 Å². The van der Waals surface area contributed by atoms with Gasteiger partial charge in [0.2, 0.25) is 0 Å². The average Bonchev–Trinajstić information content (AvgIpc) is 3.33. The molecule has 1 amide bonds. The molecule has 0 bridgehead atoms. The number of fused-ring (bicyclic) bond motifs is 2. The van der Waals surface area contributed by atoms with Crippen LogP contribution in [-0.2, 0) is 23.1 Å². The van der Waals surface area contributed by atoms with Gasteiger partial charge in [0.25, 0.3) is 0 Å². The smallest absolute Gasteiger partial charge is 0.414 e. The number of hydrogen-bond acceptors (Lipinski definition) is 5. The van der Waals surface area contributed by atoms with E-state index in [0.29, 0.717) is 22.3 Å². The fourth-order valence-corrected chi connectivity index (χ4v) is 4.21. The van der Waals surface area contributed by atoms with Gasteiger partial charge >= 0.3 is 12.1 Å². The number of benzene rings is 2. The molecule has 4 aromatic rings. The van der Waals surface area contributed by atoms with Gasteiger partial charge in [0.05, 0.1) is 35.1 Å². The summed E-state index contributed by atoms with van der Waals surface area (Å²) in [5.74, 6) is 0.226. The number of aromatic nitrogens is 3. The summed E-state index contributed by atoms with van der Waals surface area (Å²) in [6.45, 7) is 8.29. The molecule has 0 atom stereocenters. The number of carbonyl (C=O) groups excluding carboxylic acids is 2. The number of nitrogens with zero attached hydrogens (tertiary/aromatic N) is 4. The molecular formula is C26H30N4O4. The summed E-state index contributed by atoms with van der Waals surface area (Å²) >= 11 is 0. The topological polar surface area (TPSA) is 78.6 Å². The van der Waals surface area contributed by atoms with Crippen molar-refractivity contribution in [2.75, 3.05) is 19.1 Å². The Hall–Kier alpha value is -3.81. The second-order valence-electron chi connectivity index (χ2n) is 9.22. The molecular weight excluding hydrogens is 432 g/mol. The van der Waals surface area contributed by atoms with Gasteiger partial charge in [0.1, 0.15) is 5.60 Å². The van der Waals surface area contributed by atoms with E-state index in [1.54, 1.807) is 19.2 Å². The minimum absolute atomic E-state index is 0.307. The zero-order valence-electron chi connectivity index (χ0n) is 20.7. The number of methoxy groups -OCH3 is 1. The number of aryl methyl sites for hydroxylation is 2. The third kappa shape index (κ3) is 4.00. The minimum Gasteiger partial charge on any atom is -0.465 e. The van der Waals surface area contributed by atoms with Crippen LogP contribution in [0.2, 0.25) is 0 Å². The maximum atomic E-state index is 12.9. The third-order valence-electron chi connectivity index (χ3n) is 5.75. The number of esters is 1. The number of imidazole rings is 1. The second kappa shape index (κ2) is 8.52. The standard InChI is InChI=1S/C26H30N4O4/c1-8-30-19-12-10-9-11-16(19)14-21(30)23-27-18-13-17(24(31)33-7)15-20(22(18)29(23)6)28(5)25(32)34-26(2,3)4/h9-15H,8H2,1-7H3. The number of ether oxygens (including phenoxy) is 2. The third-order valence-corrected chi connectivity index (χ3v) is 5.75. The molecule has 2 aromatic heterocycles. The van der Waals surface area contributed by atoms with Crippen LogP contribution in [-0.4, -0.2) is 45.9 Å². The number of amides is 1. The molecule has 0 fully saturated rings. The summed E-state index contributed by atoms with van der Waals surface area (Å²) in [4.78, 5) is 31.6. The van der Waals surface area contributed by atoms with Gasteiger partial charge in [-0.05, 0) is 52.0 Å². The van der Waals surface area contributed by atoms with E-state index in [-0.39, 0.29) is 0 Å². The molecule has 0 unspecified atom stereocenters. The molecule has 0 saturated carbocycles. The van der Waals surface area contributed by atoms with Crippen molar-refractivity contribution in [1.82, 2.24) is 14.1 Å². The molecule has 0 radical (unpaired) electrons. The fraction of sp³-hybridized carbons (Fsp3) is 0.346. The molecule has 178 valence electrons.